The Hall–Kier alpha value is -3.28. The van der Waals surface area contributed by atoms with Crippen molar-refractivity contribution < 1.29 is 0 Å². The molecule has 0 spiro atoms. The Morgan fingerprint density at radius 3 is 1.59 bits per heavy atom. The highest BCUT2D eigenvalue weighted by Crippen LogP contribution is 2.24. The number of hydrogen-bond acceptors (Lipinski definition) is 4. The average molecular weight is 433 g/mol. The van der Waals surface area contributed by atoms with Crippen LogP contribution in [0.2, 0.25) is 0 Å². The molecule has 166 valence electrons. The Bertz CT molecular complexity index is 1450. The van der Waals surface area contributed by atoms with E-state index >= 15 is 0 Å². The highest BCUT2D eigenvalue weighted by Gasteiger charge is 2.29. The van der Waals surface area contributed by atoms with Crippen LogP contribution in [-0.2, 0) is 5.54 Å². The first-order chi connectivity index (χ1) is 15.2. The summed E-state index contributed by atoms with van der Waals surface area (Å²) >= 11 is 0. The molecule has 0 radical (unpaired) electrons. The van der Waals surface area contributed by atoms with Gasteiger partial charge in [-0.15, -0.1) is 0 Å². The van der Waals surface area contributed by atoms with Crippen LogP contribution in [0.4, 0.5) is 0 Å². The lowest BCUT2D eigenvalue weighted by molar-refractivity contribution is 0.282. The second-order valence-corrected chi connectivity index (χ2v) is 8.94. The first kappa shape index (κ1) is 21.9. The fourth-order valence-corrected chi connectivity index (χ4v) is 4.45. The minimum absolute atomic E-state index is 0.164. The van der Waals surface area contributed by atoms with Crippen LogP contribution in [0, 0.1) is 0 Å². The molecule has 0 N–H and O–H groups in total. The van der Waals surface area contributed by atoms with Gasteiger partial charge in [-0.25, -0.2) is 4.57 Å². The molecule has 0 amide bonds. The molecule has 32 heavy (non-hydrogen) atoms. The summed E-state index contributed by atoms with van der Waals surface area (Å²) in [6.07, 6.45) is 2.23. The minimum atomic E-state index is -0.616. The zero-order valence-corrected chi connectivity index (χ0v) is 19.2. The lowest BCUT2D eigenvalue weighted by atomic mass is 9.95. The Labute approximate surface area is 185 Å². The first-order valence-corrected chi connectivity index (χ1v) is 11.2. The molecule has 0 bridgehead atoms. The van der Waals surface area contributed by atoms with Gasteiger partial charge in [0.25, 0.3) is 22.2 Å². The average Bonchev–Trinajstić information content (AvgIpc) is 3.21. The summed E-state index contributed by atoms with van der Waals surface area (Å²) < 4.78 is 2.41. The Balaban J connectivity index is 1.98. The molecule has 4 aromatic rings. The van der Waals surface area contributed by atoms with Crippen molar-refractivity contribution in [3.8, 4) is 5.69 Å². The lowest BCUT2D eigenvalue weighted by Crippen LogP contribution is -2.42. The van der Waals surface area contributed by atoms with E-state index in [2.05, 4.69) is 13.8 Å². The van der Waals surface area contributed by atoms with E-state index in [1.807, 2.05) is 32.9 Å². The highest BCUT2D eigenvalue weighted by atomic mass is 16.2. The quantitative estimate of drug-likeness (QED) is 0.462. The number of nitrogens with zero attached hydrogens (tertiary/aromatic N) is 2. The van der Waals surface area contributed by atoms with Gasteiger partial charge in [-0.05, 0) is 61.9 Å². The predicted molar refractivity (Wildman–Crippen MR) is 129 cm³/mol. The molecule has 0 aliphatic carbocycles. The van der Waals surface area contributed by atoms with Crippen LogP contribution in [0.3, 0.4) is 0 Å². The van der Waals surface area contributed by atoms with E-state index in [0.29, 0.717) is 24.4 Å². The molecule has 1 unspecified atom stereocenters. The molecule has 0 saturated heterocycles. The van der Waals surface area contributed by atoms with Crippen molar-refractivity contribution in [1.29, 1.82) is 0 Å². The standard InChI is InChI=1S/C26H28N2O4/c1-6-15(4)16-9-11-17(12-10-16)27-22(29)18-13-20-21(14-19(18)23(27)30)25(32)28(24(20)31)26(5,7-2)8-3/h9-15H,6-8H2,1-5H3. The third-order valence-electron chi connectivity index (χ3n) is 7.29. The van der Waals surface area contributed by atoms with Crippen LogP contribution in [0.25, 0.3) is 27.2 Å². The van der Waals surface area contributed by atoms with Crippen LogP contribution < -0.4 is 22.2 Å². The lowest BCUT2D eigenvalue weighted by Gasteiger charge is -2.27. The van der Waals surface area contributed by atoms with Gasteiger partial charge in [0, 0.05) is 5.54 Å². The van der Waals surface area contributed by atoms with E-state index in [1.54, 1.807) is 12.1 Å². The molecule has 0 aliphatic heterocycles. The number of rotatable bonds is 6. The maximum atomic E-state index is 13.2. The molecule has 0 aliphatic rings. The van der Waals surface area contributed by atoms with Crippen LogP contribution in [0.5, 0.6) is 0 Å². The Morgan fingerprint density at radius 1 is 0.750 bits per heavy atom. The monoisotopic (exact) mass is 432 g/mol. The molecule has 1 atom stereocenters. The zero-order valence-electron chi connectivity index (χ0n) is 19.2. The summed E-state index contributed by atoms with van der Waals surface area (Å²) in [7, 11) is 0. The second kappa shape index (κ2) is 7.69. The van der Waals surface area contributed by atoms with E-state index < -0.39 is 27.8 Å². The molecule has 6 nitrogen and oxygen atoms in total. The maximum absolute atomic E-state index is 13.2. The molecule has 6 heteroatoms. The van der Waals surface area contributed by atoms with Gasteiger partial charge in [0.2, 0.25) is 0 Å². The molecule has 2 heterocycles. The van der Waals surface area contributed by atoms with Gasteiger partial charge in [0.15, 0.2) is 0 Å². The summed E-state index contributed by atoms with van der Waals surface area (Å²) in [5, 5.41) is 0.712. The summed E-state index contributed by atoms with van der Waals surface area (Å²) in [6.45, 7) is 9.98. The van der Waals surface area contributed by atoms with Crippen molar-refractivity contribution in [3.05, 3.63) is 83.4 Å². The topological polar surface area (TPSA) is 78.1 Å². The fraction of sp³-hybridized carbons (Fsp3) is 0.385. The van der Waals surface area contributed by atoms with Crippen LogP contribution in [0.1, 0.15) is 65.4 Å². The number of benzene rings is 2. The van der Waals surface area contributed by atoms with Gasteiger partial charge < -0.3 is 0 Å². The zero-order chi connectivity index (χ0) is 23.4. The van der Waals surface area contributed by atoms with E-state index in [9.17, 15) is 19.2 Å². The summed E-state index contributed by atoms with van der Waals surface area (Å²) in [4.78, 5) is 52.6. The summed E-state index contributed by atoms with van der Waals surface area (Å²) in [5.74, 6) is 0.381. The van der Waals surface area contributed by atoms with Gasteiger partial charge in [-0.1, -0.05) is 39.8 Å². The number of hydrogen-bond donors (Lipinski definition) is 0. The van der Waals surface area contributed by atoms with E-state index in [-0.39, 0.29) is 21.5 Å². The third-order valence-corrected chi connectivity index (χ3v) is 7.29. The van der Waals surface area contributed by atoms with Crippen molar-refractivity contribution in [2.45, 2.75) is 65.3 Å². The molecular weight excluding hydrogens is 404 g/mol. The number of fused-ring (bicyclic) bond motifs is 2. The molecule has 0 saturated carbocycles. The third kappa shape index (κ3) is 3.00. The maximum Gasteiger partial charge on any atom is 0.266 e. The molecule has 2 aromatic heterocycles. The van der Waals surface area contributed by atoms with E-state index in [0.717, 1.165) is 16.6 Å². The van der Waals surface area contributed by atoms with Gasteiger partial charge in [0.05, 0.1) is 27.2 Å². The van der Waals surface area contributed by atoms with Gasteiger partial charge in [0.1, 0.15) is 0 Å². The van der Waals surface area contributed by atoms with Crippen molar-refractivity contribution in [3.63, 3.8) is 0 Å². The van der Waals surface area contributed by atoms with E-state index in [4.69, 9.17) is 0 Å². The van der Waals surface area contributed by atoms with Gasteiger partial charge >= 0.3 is 0 Å². The highest BCUT2D eigenvalue weighted by molar-refractivity contribution is 5.98. The smallest absolute Gasteiger partial charge is 0.266 e. The number of aromatic nitrogens is 2. The predicted octanol–water partition coefficient (Wildman–Crippen LogP) is 3.95. The van der Waals surface area contributed by atoms with Crippen LogP contribution >= 0.6 is 0 Å². The summed E-state index contributed by atoms with van der Waals surface area (Å²) in [5.41, 5.74) is -0.765. The summed E-state index contributed by atoms with van der Waals surface area (Å²) in [6, 6.07) is 10.2. The minimum Gasteiger partial charge on any atom is -0.269 e. The van der Waals surface area contributed by atoms with Crippen molar-refractivity contribution >= 4 is 21.5 Å². The van der Waals surface area contributed by atoms with E-state index in [1.165, 1.54) is 16.7 Å². The molecular formula is C26H28N2O4. The largest absolute Gasteiger partial charge is 0.269 e. The SMILES string of the molecule is CCC(C)c1ccc(-n2c(=O)c3cc4c(=O)n(C(C)(CC)CC)c(=O)c4cc3c2=O)cc1. The normalized spacial score (nSPS) is 13.3. The van der Waals surface area contributed by atoms with Crippen molar-refractivity contribution in [2.75, 3.05) is 0 Å². The van der Waals surface area contributed by atoms with Crippen LogP contribution in [-0.4, -0.2) is 9.13 Å². The Morgan fingerprint density at radius 2 is 1.19 bits per heavy atom. The van der Waals surface area contributed by atoms with Gasteiger partial charge in [-0.3, -0.25) is 23.7 Å². The van der Waals surface area contributed by atoms with Crippen molar-refractivity contribution in [1.82, 2.24) is 9.13 Å². The molecule has 2 aromatic carbocycles. The second-order valence-electron chi connectivity index (χ2n) is 8.94. The first-order valence-electron chi connectivity index (χ1n) is 11.2. The molecule has 4 rings (SSSR count). The van der Waals surface area contributed by atoms with Crippen molar-refractivity contribution in [2.24, 2.45) is 0 Å². The Kier molecular flexibility index (Phi) is 5.27. The molecule has 0 fully saturated rings. The fourth-order valence-electron chi connectivity index (χ4n) is 4.45. The van der Waals surface area contributed by atoms with Gasteiger partial charge in [-0.2, -0.15) is 0 Å². The van der Waals surface area contributed by atoms with Crippen LogP contribution in [0.15, 0.2) is 55.6 Å².